The summed E-state index contributed by atoms with van der Waals surface area (Å²) in [5, 5.41) is 9.63. The first kappa shape index (κ1) is 8.27. The number of carbonyl (C=O) groups excluding carboxylic acids is 1. The molecule has 11 heavy (non-hydrogen) atoms. The molecule has 0 bridgehead atoms. The second kappa shape index (κ2) is 2.66. The Morgan fingerprint density at radius 3 is 2.82 bits per heavy atom. The number of amides is 1. The maximum absolute atomic E-state index is 11.3. The monoisotopic (exact) mass is 155 g/mol. The fourth-order valence-corrected chi connectivity index (χ4v) is 1.28. The zero-order chi connectivity index (χ0) is 8.48. The van der Waals surface area contributed by atoms with Gasteiger partial charge in [0.2, 0.25) is 0 Å². The fraction of sp³-hybridized carbons (Fsp3) is 0.625. The summed E-state index contributed by atoms with van der Waals surface area (Å²) in [5.74, 6) is -0.213. The number of hydrogen-bond donors (Lipinski definition) is 1. The third-order valence-corrected chi connectivity index (χ3v) is 2.23. The third-order valence-electron chi connectivity index (χ3n) is 2.23. The van der Waals surface area contributed by atoms with Gasteiger partial charge in [-0.15, -0.1) is 0 Å². The first-order valence-electron chi connectivity index (χ1n) is 3.80. The summed E-state index contributed by atoms with van der Waals surface area (Å²) in [6, 6.07) is 0. The van der Waals surface area contributed by atoms with Crippen molar-refractivity contribution in [1.29, 1.82) is 0 Å². The highest BCUT2D eigenvalue weighted by Gasteiger charge is 2.42. The van der Waals surface area contributed by atoms with Crippen LogP contribution in [0.4, 0.5) is 0 Å². The lowest BCUT2D eigenvalue weighted by Crippen LogP contribution is -2.37. The maximum atomic E-state index is 11.3. The van der Waals surface area contributed by atoms with E-state index in [1.54, 1.807) is 0 Å². The molecule has 0 spiro atoms. The Bertz CT molecular complexity index is 191. The Hall–Kier alpha value is -0.830. The van der Waals surface area contributed by atoms with E-state index >= 15 is 0 Å². The Labute approximate surface area is 66.3 Å². The summed E-state index contributed by atoms with van der Waals surface area (Å²) in [5.41, 5.74) is -1.12. The topological polar surface area (TPSA) is 40.5 Å². The molecule has 1 rings (SSSR count). The Morgan fingerprint density at radius 1 is 1.91 bits per heavy atom. The average molecular weight is 155 g/mol. The molecule has 0 aromatic heterocycles. The van der Waals surface area contributed by atoms with Crippen LogP contribution >= 0.6 is 0 Å². The molecular weight excluding hydrogens is 142 g/mol. The van der Waals surface area contributed by atoms with Gasteiger partial charge in [-0.3, -0.25) is 4.79 Å². The molecule has 0 aromatic carbocycles. The van der Waals surface area contributed by atoms with Gasteiger partial charge in [-0.05, 0) is 12.6 Å². The minimum atomic E-state index is -1.12. The molecule has 0 aromatic rings. The normalized spacial score (nSPS) is 31.1. The number of carbonyl (C=O) groups is 1. The average Bonchev–Trinajstić information content (AvgIpc) is 2.31. The lowest BCUT2D eigenvalue weighted by molar-refractivity contribution is -0.141. The van der Waals surface area contributed by atoms with Gasteiger partial charge in [0.25, 0.3) is 5.91 Å². The van der Waals surface area contributed by atoms with Crippen LogP contribution in [0.1, 0.15) is 19.8 Å². The molecule has 1 amide bonds. The fourth-order valence-electron chi connectivity index (χ4n) is 1.28. The van der Waals surface area contributed by atoms with E-state index in [0.29, 0.717) is 19.4 Å². The van der Waals surface area contributed by atoms with E-state index in [2.05, 4.69) is 6.58 Å². The number of aliphatic hydroxyl groups is 1. The quantitative estimate of drug-likeness (QED) is 0.631. The van der Waals surface area contributed by atoms with Crippen molar-refractivity contribution in [2.45, 2.75) is 25.4 Å². The van der Waals surface area contributed by atoms with E-state index in [-0.39, 0.29) is 5.91 Å². The molecule has 1 saturated heterocycles. The number of nitrogens with zero attached hydrogens (tertiary/aromatic N) is 1. The van der Waals surface area contributed by atoms with Gasteiger partial charge in [0, 0.05) is 13.0 Å². The van der Waals surface area contributed by atoms with E-state index in [9.17, 15) is 9.90 Å². The first-order valence-corrected chi connectivity index (χ1v) is 3.80. The molecule has 3 nitrogen and oxygen atoms in total. The van der Waals surface area contributed by atoms with Gasteiger partial charge in [-0.25, -0.2) is 0 Å². The number of likely N-dealkylation sites (tertiary alicyclic amines) is 1. The zero-order valence-corrected chi connectivity index (χ0v) is 6.71. The van der Waals surface area contributed by atoms with Crippen LogP contribution in [0.5, 0.6) is 0 Å². The molecule has 3 heteroatoms. The molecule has 0 radical (unpaired) electrons. The van der Waals surface area contributed by atoms with Crippen molar-refractivity contribution in [3.05, 3.63) is 12.8 Å². The molecular formula is C8H13NO2. The minimum absolute atomic E-state index is 0.213. The van der Waals surface area contributed by atoms with Crippen LogP contribution < -0.4 is 0 Å². The van der Waals surface area contributed by atoms with Crippen molar-refractivity contribution in [3.63, 3.8) is 0 Å². The van der Waals surface area contributed by atoms with Crippen molar-refractivity contribution in [2.24, 2.45) is 0 Å². The largest absolute Gasteiger partial charge is 0.380 e. The molecule has 0 saturated carbocycles. The highest BCUT2D eigenvalue weighted by Crippen LogP contribution is 2.25. The number of hydrogen-bond acceptors (Lipinski definition) is 2. The number of rotatable bonds is 2. The highest BCUT2D eigenvalue weighted by atomic mass is 16.3. The van der Waals surface area contributed by atoms with Gasteiger partial charge in [0.15, 0.2) is 0 Å². The van der Waals surface area contributed by atoms with Crippen LogP contribution in [-0.4, -0.2) is 28.1 Å². The van der Waals surface area contributed by atoms with E-state index in [1.165, 1.54) is 11.1 Å². The Kier molecular flexibility index (Phi) is 2.00. The van der Waals surface area contributed by atoms with Gasteiger partial charge in [0.05, 0.1) is 0 Å². The molecule has 62 valence electrons. The van der Waals surface area contributed by atoms with Gasteiger partial charge in [-0.2, -0.15) is 0 Å². The molecule has 1 N–H and O–H groups in total. The highest BCUT2D eigenvalue weighted by molar-refractivity contribution is 5.87. The van der Waals surface area contributed by atoms with Crippen LogP contribution in [0.25, 0.3) is 0 Å². The summed E-state index contributed by atoms with van der Waals surface area (Å²) in [6.07, 6.45) is 2.47. The van der Waals surface area contributed by atoms with Crippen LogP contribution in [0.15, 0.2) is 12.8 Å². The standard InChI is InChI=1S/C8H13NO2/c1-3-8(11)5-6-9(4-2)7(8)10/h4,11H,2-3,5-6H2,1H3. The summed E-state index contributed by atoms with van der Waals surface area (Å²) in [4.78, 5) is 12.8. The predicted molar refractivity (Wildman–Crippen MR) is 41.8 cm³/mol. The van der Waals surface area contributed by atoms with Gasteiger partial charge in [0.1, 0.15) is 5.60 Å². The summed E-state index contributed by atoms with van der Waals surface area (Å²) in [7, 11) is 0. The summed E-state index contributed by atoms with van der Waals surface area (Å²) < 4.78 is 0. The van der Waals surface area contributed by atoms with E-state index in [0.717, 1.165) is 0 Å². The molecule has 1 aliphatic heterocycles. The van der Waals surface area contributed by atoms with Gasteiger partial charge in [-0.1, -0.05) is 13.5 Å². The van der Waals surface area contributed by atoms with Crippen molar-refractivity contribution < 1.29 is 9.90 Å². The molecule has 1 aliphatic rings. The maximum Gasteiger partial charge on any atom is 0.258 e. The SMILES string of the molecule is C=CN1CCC(O)(CC)C1=O. The summed E-state index contributed by atoms with van der Waals surface area (Å²) >= 11 is 0. The minimum Gasteiger partial charge on any atom is -0.380 e. The predicted octanol–water partition coefficient (Wildman–Crippen LogP) is 0.503. The van der Waals surface area contributed by atoms with Crippen LogP contribution in [0.3, 0.4) is 0 Å². The zero-order valence-electron chi connectivity index (χ0n) is 6.71. The molecule has 1 heterocycles. The molecule has 1 fully saturated rings. The van der Waals surface area contributed by atoms with E-state index < -0.39 is 5.60 Å². The Balaban J connectivity index is 2.77. The van der Waals surface area contributed by atoms with Crippen LogP contribution in [-0.2, 0) is 4.79 Å². The van der Waals surface area contributed by atoms with Crippen molar-refractivity contribution in [3.8, 4) is 0 Å². The third kappa shape index (κ3) is 1.16. The lowest BCUT2D eigenvalue weighted by Gasteiger charge is -2.17. The van der Waals surface area contributed by atoms with Crippen molar-refractivity contribution in [1.82, 2.24) is 4.90 Å². The van der Waals surface area contributed by atoms with Crippen molar-refractivity contribution >= 4 is 5.91 Å². The second-order valence-electron chi connectivity index (χ2n) is 2.82. The molecule has 1 unspecified atom stereocenters. The van der Waals surface area contributed by atoms with Gasteiger partial charge < -0.3 is 10.0 Å². The van der Waals surface area contributed by atoms with Crippen LogP contribution in [0, 0.1) is 0 Å². The smallest absolute Gasteiger partial charge is 0.258 e. The van der Waals surface area contributed by atoms with E-state index in [4.69, 9.17) is 0 Å². The van der Waals surface area contributed by atoms with Crippen LogP contribution in [0.2, 0.25) is 0 Å². The summed E-state index contributed by atoms with van der Waals surface area (Å²) in [6.45, 7) is 5.89. The lowest BCUT2D eigenvalue weighted by atomic mass is 10.00. The van der Waals surface area contributed by atoms with Crippen molar-refractivity contribution in [2.75, 3.05) is 6.54 Å². The first-order chi connectivity index (χ1) is 5.14. The van der Waals surface area contributed by atoms with Gasteiger partial charge >= 0.3 is 0 Å². The second-order valence-corrected chi connectivity index (χ2v) is 2.82. The molecule has 0 aliphatic carbocycles. The molecule has 1 atom stereocenters. The van der Waals surface area contributed by atoms with E-state index in [1.807, 2.05) is 6.92 Å². The Morgan fingerprint density at radius 2 is 2.55 bits per heavy atom.